The van der Waals surface area contributed by atoms with Gasteiger partial charge >= 0.3 is 6.09 Å². The molecule has 3 atom stereocenters. The molecule has 0 aliphatic carbocycles. The Morgan fingerprint density at radius 1 is 1.30 bits per heavy atom. The predicted molar refractivity (Wildman–Crippen MR) is 105 cm³/mol. The first-order chi connectivity index (χ1) is 12.8. The highest BCUT2D eigenvalue weighted by Crippen LogP contribution is 2.43. The van der Waals surface area contributed by atoms with Crippen LogP contribution in [0.2, 0.25) is 0 Å². The Hall–Kier alpha value is -1.86. The second-order valence-electron chi connectivity index (χ2n) is 8.19. The number of ether oxygens (including phenoxy) is 2. The molecule has 144 valence electrons. The number of nitrogens with zero attached hydrogens (tertiary/aromatic N) is 2. The Morgan fingerprint density at radius 2 is 2.04 bits per heavy atom. The van der Waals surface area contributed by atoms with Crippen LogP contribution in [-0.4, -0.2) is 45.8 Å². The molecule has 0 unspecified atom stereocenters. The van der Waals surface area contributed by atoms with Crippen molar-refractivity contribution >= 4 is 22.0 Å². The quantitative estimate of drug-likeness (QED) is 0.754. The third kappa shape index (κ3) is 3.75. The second kappa shape index (κ2) is 6.95. The van der Waals surface area contributed by atoms with Crippen LogP contribution in [0.5, 0.6) is 0 Å². The lowest BCUT2D eigenvalue weighted by molar-refractivity contribution is 0.00965. The maximum Gasteiger partial charge on any atom is 0.411 e. The topological polar surface area (TPSA) is 67.5 Å². The van der Waals surface area contributed by atoms with Crippen LogP contribution >= 0.6 is 15.9 Å². The van der Waals surface area contributed by atoms with Gasteiger partial charge in [-0.15, -0.1) is 0 Å². The lowest BCUT2D eigenvalue weighted by Gasteiger charge is -2.31. The predicted octanol–water partition coefficient (Wildman–Crippen LogP) is 4.54. The maximum absolute atomic E-state index is 12.9. The van der Waals surface area contributed by atoms with E-state index in [9.17, 15) is 4.79 Å². The number of fused-ring (bicyclic) bond motifs is 1. The van der Waals surface area contributed by atoms with Gasteiger partial charge in [0.05, 0.1) is 37.2 Å². The van der Waals surface area contributed by atoms with E-state index < -0.39 is 5.60 Å². The van der Waals surface area contributed by atoms with Gasteiger partial charge in [-0.1, -0.05) is 28.1 Å². The summed E-state index contributed by atoms with van der Waals surface area (Å²) in [7, 11) is 0. The molecule has 2 aromatic rings. The van der Waals surface area contributed by atoms with Crippen molar-refractivity contribution in [2.75, 3.05) is 13.2 Å². The summed E-state index contributed by atoms with van der Waals surface area (Å²) < 4.78 is 12.3. The van der Waals surface area contributed by atoms with E-state index in [0.717, 1.165) is 28.0 Å². The summed E-state index contributed by atoms with van der Waals surface area (Å²) in [5, 5.41) is 0. The summed E-state index contributed by atoms with van der Waals surface area (Å²) in [5.41, 5.74) is 1.46. The van der Waals surface area contributed by atoms with Gasteiger partial charge in [0.15, 0.2) is 0 Å². The molecule has 1 aromatic carbocycles. The van der Waals surface area contributed by atoms with E-state index in [1.54, 1.807) is 0 Å². The van der Waals surface area contributed by atoms with Gasteiger partial charge in [-0.3, -0.25) is 4.90 Å². The van der Waals surface area contributed by atoms with Gasteiger partial charge in [-0.2, -0.15) is 0 Å². The van der Waals surface area contributed by atoms with Crippen molar-refractivity contribution in [1.29, 1.82) is 0 Å². The van der Waals surface area contributed by atoms with Crippen LogP contribution < -0.4 is 0 Å². The monoisotopic (exact) mass is 433 g/mol. The van der Waals surface area contributed by atoms with Crippen LogP contribution in [0.4, 0.5) is 4.79 Å². The molecule has 4 rings (SSSR count). The highest BCUT2D eigenvalue weighted by atomic mass is 79.9. The molecule has 7 heteroatoms. The molecule has 0 saturated carbocycles. The zero-order chi connectivity index (χ0) is 19.2. The first-order valence-corrected chi connectivity index (χ1v) is 10.0. The van der Waals surface area contributed by atoms with Crippen LogP contribution in [0.1, 0.15) is 39.1 Å². The minimum absolute atomic E-state index is 0.0473. The Kier molecular flexibility index (Phi) is 4.76. The van der Waals surface area contributed by atoms with E-state index in [1.807, 2.05) is 56.1 Å². The molecule has 0 radical (unpaired) electrons. The number of nitrogens with one attached hydrogen (secondary N) is 1. The number of rotatable bonds is 2. The van der Waals surface area contributed by atoms with Gasteiger partial charge in [-0.25, -0.2) is 9.78 Å². The average molecular weight is 434 g/mol. The van der Waals surface area contributed by atoms with Crippen LogP contribution in [0.15, 0.2) is 34.9 Å². The number of amides is 1. The first kappa shape index (κ1) is 18.5. The summed E-state index contributed by atoms with van der Waals surface area (Å²) in [6, 6.07) is 7.99. The van der Waals surface area contributed by atoms with E-state index in [4.69, 9.17) is 9.47 Å². The first-order valence-electron chi connectivity index (χ1n) is 9.22. The minimum Gasteiger partial charge on any atom is -0.444 e. The average Bonchev–Trinajstić information content (AvgIpc) is 3.28. The van der Waals surface area contributed by atoms with Gasteiger partial charge in [0.25, 0.3) is 0 Å². The number of carbonyl (C=O) groups excluding carboxylic acids is 1. The molecule has 2 aliphatic heterocycles. The van der Waals surface area contributed by atoms with E-state index in [-0.39, 0.29) is 18.2 Å². The largest absolute Gasteiger partial charge is 0.444 e. The molecule has 0 bridgehead atoms. The van der Waals surface area contributed by atoms with E-state index in [2.05, 4.69) is 25.9 Å². The van der Waals surface area contributed by atoms with Crippen LogP contribution in [-0.2, 0) is 9.47 Å². The van der Waals surface area contributed by atoms with Crippen LogP contribution in [0.25, 0.3) is 11.3 Å². The third-order valence-corrected chi connectivity index (χ3v) is 5.58. The van der Waals surface area contributed by atoms with Gasteiger partial charge in [0.1, 0.15) is 11.4 Å². The van der Waals surface area contributed by atoms with Gasteiger partial charge < -0.3 is 14.5 Å². The molecule has 2 fully saturated rings. The number of H-pyrrole nitrogens is 1. The maximum atomic E-state index is 12.9. The normalized spacial score (nSPS) is 24.9. The lowest BCUT2D eigenvalue weighted by Crippen LogP contribution is -2.43. The van der Waals surface area contributed by atoms with Crippen molar-refractivity contribution in [1.82, 2.24) is 14.9 Å². The minimum atomic E-state index is -0.537. The number of benzene rings is 1. The Labute approximate surface area is 167 Å². The third-order valence-electron chi connectivity index (χ3n) is 5.05. The Bertz CT molecular complexity index is 828. The van der Waals surface area contributed by atoms with Crippen molar-refractivity contribution in [3.8, 4) is 11.3 Å². The highest BCUT2D eigenvalue weighted by molar-refractivity contribution is 9.10. The molecule has 6 nitrogen and oxygen atoms in total. The molecule has 0 spiro atoms. The van der Waals surface area contributed by atoms with E-state index in [0.29, 0.717) is 19.1 Å². The fourth-order valence-corrected chi connectivity index (χ4v) is 4.12. The fraction of sp³-hybridized carbons (Fsp3) is 0.500. The van der Waals surface area contributed by atoms with Crippen LogP contribution in [0.3, 0.4) is 0 Å². The van der Waals surface area contributed by atoms with Crippen molar-refractivity contribution < 1.29 is 14.3 Å². The van der Waals surface area contributed by atoms with Gasteiger partial charge in [0, 0.05) is 10.4 Å². The Balaban J connectivity index is 1.61. The summed E-state index contributed by atoms with van der Waals surface area (Å²) in [6.45, 7) is 6.90. The van der Waals surface area contributed by atoms with Crippen molar-refractivity contribution in [3.63, 3.8) is 0 Å². The molecule has 1 N–H and O–H groups in total. The number of hydrogen-bond acceptors (Lipinski definition) is 4. The number of imidazole rings is 1. The standard InChI is InChI=1S/C20H24BrN3O3/c1-20(2,3)27-19(25)24-16(8-13-10-26-11-17(13)24)18-22-9-15(23-18)12-4-6-14(21)7-5-12/h4-7,9,13,16-17H,8,10-11H2,1-3H3,(H,22,23)/t13-,16+,17+/m1/s1. The summed E-state index contributed by atoms with van der Waals surface area (Å²) in [6.07, 6.45) is 2.36. The van der Waals surface area contributed by atoms with Crippen molar-refractivity contribution in [2.24, 2.45) is 5.92 Å². The highest BCUT2D eigenvalue weighted by Gasteiger charge is 2.49. The zero-order valence-electron chi connectivity index (χ0n) is 15.7. The number of aromatic amines is 1. The summed E-state index contributed by atoms with van der Waals surface area (Å²) >= 11 is 3.46. The smallest absolute Gasteiger partial charge is 0.411 e. The SMILES string of the molecule is CC(C)(C)OC(=O)N1[C@H](c2ncc(-c3ccc(Br)cc3)[nH]2)C[C@@H]2COC[C@@H]21. The molecule has 27 heavy (non-hydrogen) atoms. The Morgan fingerprint density at radius 3 is 2.74 bits per heavy atom. The van der Waals surface area contributed by atoms with Crippen LogP contribution in [0, 0.1) is 5.92 Å². The molecule has 2 saturated heterocycles. The number of likely N-dealkylation sites (tertiary alicyclic amines) is 1. The van der Waals surface area contributed by atoms with E-state index >= 15 is 0 Å². The molecular formula is C20H24BrN3O3. The number of aromatic nitrogens is 2. The summed E-state index contributed by atoms with van der Waals surface area (Å²) in [5.74, 6) is 1.12. The fourth-order valence-electron chi connectivity index (χ4n) is 3.85. The van der Waals surface area contributed by atoms with Gasteiger partial charge in [0.2, 0.25) is 0 Å². The summed E-state index contributed by atoms with van der Waals surface area (Å²) in [4.78, 5) is 22.7. The zero-order valence-corrected chi connectivity index (χ0v) is 17.3. The molecular weight excluding hydrogens is 410 g/mol. The molecule has 3 heterocycles. The number of halogens is 1. The molecule has 1 aromatic heterocycles. The molecule has 1 amide bonds. The second-order valence-corrected chi connectivity index (χ2v) is 9.11. The van der Waals surface area contributed by atoms with Crippen molar-refractivity contribution in [2.45, 2.75) is 44.9 Å². The lowest BCUT2D eigenvalue weighted by atomic mass is 10.0. The van der Waals surface area contributed by atoms with Crippen molar-refractivity contribution in [3.05, 3.63) is 40.8 Å². The number of carbonyl (C=O) groups is 1. The van der Waals surface area contributed by atoms with Gasteiger partial charge in [-0.05, 0) is 44.9 Å². The van der Waals surface area contributed by atoms with E-state index in [1.165, 1.54) is 0 Å². The molecule has 2 aliphatic rings. The number of hydrogen-bond donors (Lipinski definition) is 1.